The average molecular weight is 363 g/mol. The Morgan fingerprint density at radius 2 is 1.63 bits per heavy atom. The number of carbonyl (C=O) groups is 2. The van der Waals surface area contributed by atoms with Gasteiger partial charge < -0.3 is 4.74 Å². The van der Waals surface area contributed by atoms with Crippen molar-refractivity contribution in [3.8, 4) is 11.1 Å². The summed E-state index contributed by atoms with van der Waals surface area (Å²) in [6, 6.07) is 17.2. The number of ether oxygens (including phenoxy) is 1. The van der Waals surface area contributed by atoms with Crippen molar-refractivity contribution in [3.63, 3.8) is 0 Å². The third-order valence-corrected chi connectivity index (χ3v) is 4.70. The zero-order chi connectivity index (χ0) is 19.8. The Balaban J connectivity index is 2.10. The molecule has 1 aliphatic rings. The van der Waals surface area contributed by atoms with E-state index in [1.54, 1.807) is 27.7 Å². The first kappa shape index (κ1) is 18.9. The quantitative estimate of drug-likeness (QED) is 0.674. The minimum atomic E-state index is -0.686. The van der Waals surface area contributed by atoms with Gasteiger partial charge in [-0.2, -0.15) is 0 Å². The number of imide groups is 1. The lowest BCUT2D eigenvalue weighted by molar-refractivity contribution is -0.130. The van der Waals surface area contributed by atoms with E-state index in [2.05, 4.69) is 6.58 Å². The lowest BCUT2D eigenvalue weighted by Gasteiger charge is -2.28. The van der Waals surface area contributed by atoms with E-state index < -0.39 is 23.7 Å². The van der Waals surface area contributed by atoms with Gasteiger partial charge in [0.25, 0.3) is 0 Å². The van der Waals surface area contributed by atoms with Crippen LogP contribution < -0.4 is 0 Å². The predicted octanol–water partition coefficient (Wildman–Crippen LogP) is 5.36. The van der Waals surface area contributed by atoms with Crippen molar-refractivity contribution in [2.24, 2.45) is 5.92 Å². The SMILES string of the molecule is C=C1[C@@H](C)C(=O)N(C(=O)OC(C)(C)C)[C@@H]1c1ccccc1-c1ccccc1. The third kappa shape index (κ3) is 3.65. The van der Waals surface area contributed by atoms with Crippen molar-refractivity contribution in [1.29, 1.82) is 0 Å². The van der Waals surface area contributed by atoms with Crippen LogP contribution >= 0.6 is 0 Å². The van der Waals surface area contributed by atoms with Crippen LogP contribution in [0, 0.1) is 5.92 Å². The topological polar surface area (TPSA) is 46.6 Å². The molecule has 0 spiro atoms. The third-order valence-electron chi connectivity index (χ3n) is 4.70. The van der Waals surface area contributed by atoms with E-state index in [0.29, 0.717) is 5.57 Å². The zero-order valence-corrected chi connectivity index (χ0v) is 16.2. The molecule has 0 unspecified atom stereocenters. The van der Waals surface area contributed by atoms with Gasteiger partial charge in [0.1, 0.15) is 5.60 Å². The molecule has 1 fully saturated rings. The molecule has 2 atom stereocenters. The summed E-state index contributed by atoms with van der Waals surface area (Å²) in [7, 11) is 0. The summed E-state index contributed by atoms with van der Waals surface area (Å²) in [5.74, 6) is -0.714. The minimum absolute atomic E-state index is 0.276. The predicted molar refractivity (Wildman–Crippen MR) is 106 cm³/mol. The molecular weight excluding hydrogens is 338 g/mol. The maximum absolute atomic E-state index is 12.8. The maximum Gasteiger partial charge on any atom is 0.417 e. The number of benzene rings is 2. The molecule has 2 aromatic carbocycles. The van der Waals surface area contributed by atoms with Gasteiger partial charge >= 0.3 is 6.09 Å². The largest absolute Gasteiger partial charge is 0.443 e. The van der Waals surface area contributed by atoms with Gasteiger partial charge in [-0.3, -0.25) is 4.79 Å². The molecule has 0 N–H and O–H groups in total. The van der Waals surface area contributed by atoms with Crippen molar-refractivity contribution in [2.45, 2.75) is 39.3 Å². The van der Waals surface area contributed by atoms with Gasteiger partial charge in [-0.15, -0.1) is 0 Å². The molecule has 0 bridgehead atoms. The fourth-order valence-electron chi connectivity index (χ4n) is 3.36. The van der Waals surface area contributed by atoms with Crippen LogP contribution in [-0.2, 0) is 9.53 Å². The molecule has 2 aromatic rings. The first-order valence-electron chi connectivity index (χ1n) is 9.10. The van der Waals surface area contributed by atoms with Gasteiger partial charge in [0.15, 0.2) is 0 Å². The lowest BCUT2D eigenvalue weighted by atomic mass is 9.90. The van der Waals surface area contributed by atoms with Crippen LogP contribution in [0.25, 0.3) is 11.1 Å². The minimum Gasteiger partial charge on any atom is -0.443 e. The van der Waals surface area contributed by atoms with Gasteiger partial charge in [-0.1, -0.05) is 61.2 Å². The highest BCUT2D eigenvalue weighted by atomic mass is 16.6. The van der Waals surface area contributed by atoms with Crippen molar-refractivity contribution < 1.29 is 14.3 Å². The fraction of sp³-hybridized carbons (Fsp3) is 0.304. The number of nitrogens with zero attached hydrogens (tertiary/aromatic N) is 1. The Bertz CT molecular complexity index is 880. The molecule has 0 aliphatic carbocycles. The van der Waals surface area contributed by atoms with E-state index in [9.17, 15) is 9.59 Å². The van der Waals surface area contributed by atoms with E-state index in [-0.39, 0.29) is 5.91 Å². The second kappa shape index (κ2) is 7.03. The second-order valence-corrected chi connectivity index (χ2v) is 7.84. The Hall–Kier alpha value is -2.88. The van der Waals surface area contributed by atoms with E-state index in [1.807, 2.05) is 54.6 Å². The van der Waals surface area contributed by atoms with Crippen LogP contribution in [0.15, 0.2) is 66.7 Å². The Morgan fingerprint density at radius 1 is 1.04 bits per heavy atom. The Labute approximate surface area is 160 Å². The maximum atomic E-state index is 12.8. The van der Waals surface area contributed by atoms with Crippen molar-refractivity contribution >= 4 is 12.0 Å². The molecule has 4 heteroatoms. The molecule has 0 saturated carbocycles. The molecule has 3 rings (SSSR count). The van der Waals surface area contributed by atoms with Crippen molar-refractivity contribution in [3.05, 3.63) is 72.3 Å². The molecule has 0 aromatic heterocycles. The van der Waals surface area contributed by atoms with Gasteiger partial charge in [-0.25, -0.2) is 9.69 Å². The smallest absolute Gasteiger partial charge is 0.417 e. The number of hydrogen-bond acceptors (Lipinski definition) is 3. The molecule has 1 saturated heterocycles. The Morgan fingerprint density at radius 3 is 2.26 bits per heavy atom. The van der Waals surface area contributed by atoms with E-state index in [4.69, 9.17) is 4.74 Å². The average Bonchev–Trinajstić information content (AvgIpc) is 2.85. The summed E-state index contributed by atoms with van der Waals surface area (Å²) >= 11 is 0. The summed E-state index contributed by atoms with van der Waals surface area (Å²) in [5.41, 5.74) is 2.89. The molecule has 0 radical (unpaired) electrons. The summed E-state index contributed by atoms with van der Waals surface area (Å²) < 4.78 is 5.51. The summed E-state index contributed by atoms with van der Waals surface area (Å²) in [4.78, 5) is 26.9. The molecule has 27 heavy (non-hydrogen) atoms. The lowest BCUT2D eigenvalue weighted by Crippen LogP contribution is -2.39. The van der Waals surface area contributed by atoms with Crippen molar-refractivity contribution in [2.75, 3.05) is 0 Å². The highest BCUT2D eigenvalue weighted by Gasteiger charge is 2.46. The first-order valence-corrected chi connectivity index (χ1v) is 9.10. The standard InChI is InChI=1S/C23H25NO3/c1-15-16(2)21(25)24(22(26)27-23(3,4)5)20(15)19-14-10-9-13-18(19)17-11-7-6-8-12-17/h6-14,16,20H,1H2,2-5H3/t16-,20+/m1/s1. The van der Waals surface area contributed by atoms with Crippen LogP contribution in [-0.4, -0.2) is 22.5 Å². The fourth-order valence-corrected chi connectivity index (χ4v) is 3.36. The normalized spacial score (nSPS) is 20.1. The highest BCUT2D eigenvalue weighted by Crippen LogP contribution is 2.44. The monoisotopic (exact) mass is 363 g/mol. The molecule has 140 valence electrons. The van der Waals surface area contributed by atoms with Gasteiger partial charge in [0.05, 0.1) is 12.0 Å². The van der Waals surface area contributed by atoms with Gasteiger partial charge in [0.2, 0.25) is 5.91 Å². The summed E-state index contributed by atoms with van der Waals surface area (Å²) in [6.45, 7) is 11.3. The van der Waals surface area contributed by atoms with Gasteiger partial charge in [0, 0.05) is 0 Å². The molecule has 1 heterocycles. The zero-order valence-electron chi connectivity index (χ0n) is 16.2. The summed E-state index contributed by atoms with van der Waals surface area (Å²) in [6.07, 6.45) is -0.633. The first-order chi connectivity index (χ1) is 12.7. The number of hydrogen-bond donors (Lipinski definition) is 0. The molecule has 4 nitrogen and oxygen atoms in total. The second-order valence-electron chi connectivity index (χ2n) is 7.84. The van der Waals surface area contributed by atoms with E-state index in [1.165, 1.54) is 4.90 Å². The van der Waals surface area contributed by atoms with Crippen LogP contribution in [0.1, 0.15) is 39.3 Å². The number of carbonyl (C=O) groups excluding carboxylic acids is 2. The number of rotatable bonds is 2. The number of amides is 2. The van der Waals surface area contributed by atoms with Crippen LogP contribution in [0.3, 0.4) is 0 Å². The summed E-state index contributed by atoms with van der Waals surface area (Å²) in [5, 5.41) is 0. The number of likely N-dealkylation sites (tertiary alicyclic amines) is 1. The van der Waals surface area contributed by atoms with E-state index in [0.717, 1.165) is 16.7 Å². The molecule has 2 amide bonds. The van der Waals surface area contributed by atoms with Gasteiger partial charge in [-0.05, 0) is 50.0 Å². The van der Waals surface area contributed by atoms with Crippen LogP contribution in [0.5, 0.6) is 0 Å². The Kier molecular flexibility index (Phi) is 4.92. The van der Waals surface area contributed by atoms with Crippen LogP contribution in [0.2, 0.25) is 0 Å². The van der Waals surface area contributed by atoms with E-state index >= 15 is 0 Å². The molecule has 1 aliphatic heterocycles. The van der Waals surface area contributed by atoms with Crippen molar-refractivity contribution in [1.82, 2.24) is 4.90 Å². The van der Waals surface area contributed by atoms with Crippen LogP contribution in [0.4, 0.5) is 4.79 Å². The highest BCUT2D eigenvalue weighted by molar-refractivity contribution is 5.99. The molecular formula is C23H25NO3.